The Hall–Kier alpha value is -7.05. The predicted molar refractivity (Wildman–Crippen MR) is 264 cm³/mol. The lowest BCUT2D eigenvalue weighted by Crippen LogP contribution is -2.46. The first kappa shape index (κ1) is 39.1. The number of anilines is 4. The third-order valence-electron chi connectivity index (χ3n) is 12.4. The number of hydrogen-bond acceptors (Lipinski definition) is 4. The lowest BCUT2D eigenvalue weighted by molar-refractivity contribution is 0.484. The third kappa shape index (κ3) is 6.90. The molecule has 0 spiro atoms. The Bertz CT molecular complexity index is 3060. The molecule has 0 fully saturated rings. The molecule has 0 bridgehead atoms. The second-order valence-corrected chi connectivity index (χ2v) is 18.7. The first-order valence-electron chi connectivity index (χ1n) is 21.6. The molecule has 2 aromatic heterocycles. The van der Waals surface area contributed by atoms with Gasteiger partial charge in [-0.3, -0.25) is 4.57 Å². The van der Waals surface area contributed by atoms with Gasteiger partial charge in [-0.1, -0.05) is 167 Å². The van der Waals surface area contributed by atoms with Crippen LogP contribution in [0.4, 0.5) is 22.7 Å². The topological polar surface area (TPSA) is 42.3 Å². The number of nitrogens with one attached hydrogen (secondary N) is 1. The summed E-state index contributed by atoms with van der Waals surface area (Å²) >= 11 is 0. The van der Waals surface area contributed by atoms with Crippen LogP contribution in [0.1, 0.15) is 47.1 Å². The zero-order valence-corrected chi connectivity index (χ0v) is 36.6. The fraction of sp³-hybridized carbons (Fsp3) is 0.161. The Labute approximate surface area is 365 Å². The molecule has 0 radical (unpaired) electrons. The highest BCUT2D eigenvalue weighted by molar-refractivity contribution is 6.94. The highest BCUT2D eigenvalue weighted by atomic mass is 16.5. The smallest absolute Gasteiger partial charge is 0.216 e. The molecule has 5 nitrogen and oxygen atoms in total. The van der Waals surface area contributed by atoms with Gasteiger partial charge in [0, 0.05) is 53.0 Å². The fourth-order valence-electron chi connectivity index (χ4n) is 9.63. The van der Waals surface area contributed by atoms with Gasteiger partial charge < -0.3 is 15.0 Å². The average molecular weight is 807 g/mol. The van der Waals surface area contributed by atoms with Crippen LogP contribution in [0.3, 0.4) is 0 Å². The van der Waals surface area contributed by atoms with E-state index in [0.29, 0.717) is 0 Å². The molecular formula is C56H51BN4O. The van der Waals surface area contributed by atoms with Crippen LogP contribution < -0.4 is 25.9 Å². The summed E-state index contributed by atoms with van der Waals surface area (Å²) in [6.45, 7) is 14.0. The molecule has 9 aromatic rings. The van der Waals surface area contributed by atoms with E-state index in [-0.39, 0.29) is 17.4 Å². The molecule has 10 rings (SSSR count). The maximum absolute atomic E-state index is 6.91. The van der Waals surface area contributed by atoms with E-state index in [1.165, 1.54) is 55.0 Å². The molecule has 7 aromatic carbocycles. The van der Waals surface area contributed by atoms with Gasteiger partial charge in [0.2, 0.25) is 6.71 Å². The van der Waals surface area contributed by atoms with Gasteiger partial charge in [0.1, 0.15) is 17.3 Å². The van der Waals surface area contributed by atoms with Crippen molar-refractivity contribution in [1.82, 2.24) is 9.55 Å². The quantitative estimate of drug-likeness (QED) is 0.148. The summed E-state index contributed by atoms with van der Waals surface area (Å²) in [5, 5.41) is 6.39. The van der Waals surface area contributed by atoms with E-state index in [1.54, 1.807) is 0 Å². The van der Waals surface area contributed by atoms with Crippen molar-refractivity contribution in [2.75, 3.05) is 17.3 Å². The van der Waals surface area contributed by atoms with Gasteiger partial charge >= 0.3 is 0 Å². The molecule has 0 saturated heterocycles. The number of pyridine rings is 1. The molecule has 0 amide bonds. The summed E-state index contributed by atoms with van der Waals surface area (Å²) in [5.74, 6) is 2.48. The lowest BCUT2D eigenvalue weighted by atomic mass is 9.30. The number of rotatable bonds is 9. The van der Waals surface area contributed by atoms with E-state index in [2.05, 4.69) is 227 Å². The molecule has 0 atom stereocenters. The summed E-state index contributed by atoms with van der Waals surface area (Å²) < 4.78 is 9.25. The van der Waals surface area contributed by atoms with Crippen LogP contribution in [0.25, 0.3) is 49.9 Å². The molecule has 0 aliphatic carbocycles. The van der Waals surface area contributed by atoms with Gasteiger partial charge in [0.25, 0.3) is 0 Å². The summed E-state index contributed by atoms with van der Waals surface area (Å²) in [5.41, 5.74) is 15.0. The number of nitrogens with zero attached hydrogens (tertiary/aromatic N) is 3. The molecule has 3 heterocycles. The highest BCUT2D eigenvalue weighted by Gasteiger charge is 2.41. The maximum Gasteiger partial charge on any atom is 0.216 e. The fourth-order valence-corrected chi connectivity index (χ4v) is 9.63. The minimum absolute atomic E-state index is 0.00501. The van der Waals surface area contributed by atoms with E-state index < -0.39 is 0 Å². The Balaban J connectivity index is 1.03. The number of ether oxygens (including phenoxy) is 1. The Kier molecular flexibility index (Phi) is 9.55. The molecule has 1 aliphatic rings. The largest absolute Gasteiger partial charge is 0.457 e. The van der Waals surface area contributed by atoms with Gasteiger partial charge in [-0.15, -0.1) is 0 Å². The monoisotopic (exact) mass is 806 g/mol. The normalized spacial score (nSPS) is 12.4. The van der Waals surface area contributed by atoms with Crippen LogP contribution in [0.15, 0.2) is 176 Å². The van der Waals surface area contributed by atoms with Crippen molar-refractivity contribution >= 4 is 62.2 Å². The SMILES string of the molecule is CN(c1ccccc1Nc1cccc(Oc2cc3c4c5c(cccc5n(-c5cc(C(C)(C)C)ccn5)c4c2)B3C(C)(C)C)c1)c1c(-c2ccccc2)cccc1-c1ccccc1. The van der Waals surface area contributed by atoms with Gasteiger partial charge in [-0.05, 0) is 70.6 Å². The number of para-hydroxylation sites is 3. The van der Waals surface area contributed by atoms with E-state index >= 15 is 0 Å². The Morgan fingerprint density at radius 1 is 0.581 bits per heavy atom. The minimum Gasteiger partial charge on any atom is -0.457 e. The van der Waals surface area contributed by atoms with Crippen LogP contribution in [-0.2, 0) is 5.41 Å². The molecule has 6 heteroatoms. The molecule has 304 valence electrons. The van der Waals surface area contributed by atoms with Crippen molar-refractivity contribution in [3.63, 3.8) is 0 Å². The summed E-state index contributed by atoms with van der Waals surface area (Å²) in [7, 11) is 2.16. The van der Waals surface area contributed by atoms with Crippen molar-refractivity contribution in [3.05, 3.63) is 182 Å². The maximum atomic E-state index is 6.91. The molecule has 0 saturated carbocycles. The van der Waals surface area contributed by atoms with Gasteiger partial charge in [-0.2, -0.15) is 0 Å². The van der Waals surface area contributed by atoms with Gasteiger partial charge in [-0.25, -0.2) is 4.98 Å². The average Bonchev–Trinajstić information content (AvgIpc) is 3.80. The summed E-state index contributed by atoms with van der Waals surface area (Å²) in [6, 6.07) is 60.3. The molecule has 62 heavy (non-hydrogen) atoms. The zero-order chi connectivity index (χ0) is 42.8. The van der Waals surface area contributed by atoms with E-state index in [4.69, 9.17) is 9.72 Å². The summed E-state index contributed by atoms with van der Waals surface area (Å²) in [4.78, 5) is 7.28. The van der Waals surface area contributed by atoms with Crippen molar-refractivity contribution in [1.29, 1.82) is 0 Å². The predicted octanol–water partition coefficient (Wildman–Crippen LogP) is 13.8. The second kappa shape index (κ2) is 15.1. The lowest BCUT2D eigenvalue weighted by Gasteiger charge is -2.28. The van der Waals surface area contributed by atoms with Crippen molar-refractivity contribution < 1.29 is 4.74 Å². The third-order valence-corrected chi connectivity index (χ3v) is 12.4. The first-order chi connectivity index (χ1) is 29.9. The second-order valence-electron chi connectivity index (χ2n) is 18.7. The molecular weight excluding hydrogens is 755 g/mol. The molecule has 1 N–H and O–H groups in total. The van der Waals surface area contributed by atoms with E-state index in [9.17, 15) is 0 Å². The highest BCUT2D eigenvalue weighted by Crippen LogP contribution is 2.45. The van der Waals surface area contributed by atoms with Crippen LogP contribution in [0, 0.1) is 0 Å². The van der Waals surface area contributed by atoms with E-state index in [1.807, 2.05) is 12.3 Å². The first-order valence-corrected chi connectivity index (χ1v) is 21.6. The van der Waals surface area contributed by atoms with Crippen molar-refractivity contribution in [2.24, 2.45) is 0 Å². The van der Waals surface area contributed by atoms with Crippen molar-refractivity contribution in [3.8, 4) is 39.6 Å². The Morgan fingerprint density at radius 3 is 1.92 bits per heavy atom. The van der Waals surface area contributed by atoms with E-state index in [0.717, 1.165) is 45.6 Å². The van der Waals surface area contributed by atoms with Crippen LogP contribution in [0.5, 0.6) is 11.5 Å². The zero-order valence-electron chi connectivity index (χ0n) is 36.6. The Morgan fingerprint density at radius 2 is 1.23 bits per heavy atom. The minimum atomic E-state index is -0.0117. The van der Waals surface area contributed by atoms with Crippen molar-refractivity contribution in [2.45, 2.75) is 52.3 Å². The molecule has 0 unspecified atom stereocenters. The standard InChI is InChI=1S/C56H51BN4O/c1-55(2,3)39-31-32-58-51(33-39)61-49-30-18-27-45-52(49)53-46(57(45)56(4,5)6)35-42(36-50(53)61)62-41-24-16-23-40(34-41)59-47-28-14-15-29-48(47)60(7)54-43(37-19-10-8-11-20-37)25-17-26-44(54)38-21-12-9-13-22-38/h8-36,59H,1-7H3. The van der Waals surface area contributed by atoms with Crippen LogP contribution in [-0.4, -0.2) is 23.3 Å². The summed E-state index contributed by atoms with van der Waals surface area (Å²) in [6.07, 6.45) is 1.95. The van der Waals surface area contributed by atoms with Crippen LogP contribution >= 0.6 is 0 Å². The number of benzene rings is 7. The van der Waals surface area contributed by atoms with Gasteiger partial charge in [0.05, 0.1) is 28.1 Å². The van der Waals surface area contributed by atoms with Gasteiger partial charge in [0.15, 0.2) is 0 Å². The number of aromatic nitrogens is 2. The number of hydrogen-bond donors (Lipinski definition) is 1. The van der Waals surface area contributed by atoms with Crippen LogP contribution in [0.2, 0.25) is 5.31 Å². The molecule has 1 aliphatic heterocycles.